The number of rotatable bonds is 4. The lowest BCUT2D eigenvalue weighted by atomic mass is 9.96. The van der Waals surface area contributed by atoms with Gasteiger partial charge in [0.05, 0.1) is 44.7 Å². The summed E-state index contributed by atoms with van der Waals surface area (Å²) in [5.74, 6) is -1.01. The first-order chi connectivity index (χ1) is 24.7. The van der Waals surface area contributed by atoms with Crippen LogP contribution in [0.2, 0.25) is 0 Å². The van der Waals surface area contributed by atoms with Crippen LogP contribution in [0.3, 0.4) is 0 Å². The second-order valence-electron chi connectivity index (χ2n) is 13.0. The van der Waals surface area contributed by atoms with Crippen LogP contribution in [0.15, 0.2) is 121 Å². The number of anilines is 1. The number of aromatic nitrogens is 1. The molecule has 52 heavy (non-hydrogen) atoms. The van der Waals surface area contributed by atoms with E-state index in [0.29, 0.717) is 66.6 Å². The van der Waals surface area contributed by atoms with Gasteiger partial charge in [0.25, 0.3) is 11.8 Å². The fourth-order valence-electron chi connectivity index (χ4n) is 7.13. The lowest BCUT2D eigenvalue weighted by Crippen LogP contribution is -2.29. The number of aryl methyl sites for hydroxylation is 2. The minimum absolute atomic E-state index is 0.172. The van der Waals surface area contributed by atoms with Crippen LogP contribution in [0.25, 0.3) is 49.7 Å². The van der Waals surface area contributed by atoms with Gasteiger partial charge in [-0.2, -0.15) is 26.3 Å². The maximum Gasteiger partial charge on any atom is 0.416 e. The molecular formula is C42H26F6N2O2. The Morgan fingerprint density at radius 2 is 1.02 bits per heavy atom. The summed E-state index contributed by atoms with van der Waals surface area (Å²) < 4.78 is 84.8. The lowest BCUT2D eigenvalue weighted by molar-refractivity contribution is -0.138. The number of hydrogen-bond donors (Lipinski definition) is 0. The number of amides is 2. The Balaban J connectivity index is 1.39. The van der Waals surface area contributed by atoms with Gasteiger partial charge in [-0.15, -0.1) is 0 Å². The van der Waals surface area contributed by atoms with Crippen molar-refractivity contribution in [2.24, 2.45) is 0 Å². The van der Waals surface area contributed by atoms with E-state index in [-0.39, 0.29) is 11.1 Å². The van der Waals surface area contributed by atoms with Gasteiger partial charge in [-0.25, -0.2) is 4.90 Å². The fraction of sp³-hybridized carbons (Fsp3) is 0.0952. The van der Waals surface area contributed by atoms with E-state index in [0.717, 1.165) is 29.2 Å². The number of carbonyl (C=O) groups is 2. The van der Waals surface area contributed by atoms with Gasteiger partial charge in [0.1, 0.15) is 0 Å². The molecule has 0 aliphatic carbocycles. The van der Waals surface area contributed by atoms with E-state index in [4.69, 9.17) is 0 Å². The molecule has 0 fully saturated rings. The van der Waals surface area contributed by atoms with E-state index in [9.17, 15) is 35.9 Å². The molecule has 1 aromatic heterocycles. The second kappa shape index (κ2) is 11.7. The largest absolute Gasteiger partial charge is 0.416 e. The highest BCUT2D eigenvalue weighted by Gasteiger charge is 2.39. The molecule has 0 N–H and O–H groups in total. The summed E-state index contributed by atoms with van der Waals surface area (Å²) in [6, 6.07) is 31.5. The number of para-hydroxylation sites is 1. The number of carbonyl (C=O) groups excluding carboxylic acids is 2. The smallest absolute Gasteiger partial charge is 0.308 e. The number of imide groups is 1. The molecule has 0 unspecified atom stereocenters. The Morgan fingerprint density at radius 1 is 0.500 bits per heavy atom. The molecule has 0 atom stereocenters. The van der Waals surface area contributed by atoms with Crippen LogP contribution in [0, 0.1) is 13.8 Å². The zero-order chi connectivity index (χ0) is 36.7. The van der Waals surface area contributed by atoms with Crippen LogP contribution >= 0.6 is 0 Å². The summed E-state index contributed by atoms with van der Waals surface area (Å²) in [5.41, 5.74) is 3.22. The first-order valence-corrected chi connectivity index (χ1v) is 16.2. The molecule has 0 radical (unpaired) electrons. The number of nitrogens with zero attached hydrogens (tertiary/aromatic N) is 2. The van der Waals surface area contributed by atoms with Crippen LogP contribution < -0.4 is 4.90 Å². The fourth-order valence-corrected chi connectivity index (χ4v) is 7.13. The zero-order valence-electron chi connectivity index (χ0n) is 27.5. The number of benzene rings is 6. The van der Waals surface area contributed by atoms with Crippen molar-refractivity contribution in [3.8, 4) is 27.9 Å². The molecule has 2 heterocycles. The molecule has 0 spiro atoms. The van der Waals surface area contributed by atoms with Crippen molar-refractivity contribution in [1.82, 2.24) is 4.57 Å². The van der Waals surface area contributed by atoms with Crippen LogP contribution in [0.1, 0.15) is 43.0 Å². The third-order valence-electron chi connectivity index (χ3n) is 9.39. The third-order valence-corrected chi connectivity index (χ3v) is 9.39. The Bertz CT molecular complexity index is 2500. The molecule has 4 nitrogen and oxygen atoms in total. The van der Waals surface area contributed by atoms with Crippen molar-refractivity contribution in [2.75, 3.05) is 4.90 Å². The summed E-state index contributed by atoms with van der Waals surface area (Å²) in [5, 5.41) is 1.17. The van der Waals surface area contributed by atoms with Crippen molar-refractivity contribution in [2.45, 2.75) is 26.2 Å². The molecule has 1 aliphatic rings. The molecule has 8 rings (SSSR count). The average molecular weight is 705 g/mol. The van der Waals surface area contributed by atoms with Gasteiger partial charge in [-0.3, -0.25) is 9.59 Å². The van der Waals surface area contributed by atoms with Crippen molar-refractivity contribution in [1.29, 1.82) is 0 Å². The first-order valence-electron chi connectivity index (χ1n) is 16.2. The predicted octanol–water partition coefficient (Wildman–Crippen LogP) is 11.6. The van der Waals surface area contributed by atoms with Gasteiger partial charge >= 0.3 is 12.4 Å². The van der Waals surface area contributed by atoms with Crippen LogP contribution in [-0.2, 0) is 12.4 Å². The Morgan fingerprint density at radius 3 is 1.52 bits per heavy atom. The van der Waals surface area contributed by atoms with Crippen LogP contribution in [0.4, 0.5) is 32.0 Å². The Kier molecular flexibility index (Phi) is 7.42. The maximum absolute atomic E-state index is 14.1. The quantitative estimate of drug-likeness (QED) is 0.135. The molecule has 0 bridgehead atoms. The summed E-state index contributed by atoms with van der Waals surface area (Å²) in [6.07, 6.45) is -9.13. The highest BCUT2D eigenvalue weighted by atomic mass is 19.4. The van der Waals surface area contributed by atoms with Gasteiger partial charge in [0.2, 0.25) is 0 Å². The van der Waals surface area contributed by atoms with E-state index in [2.05, 4.69) is 0 Å². The second-order valence-corrected chi connectivity index (χ2v) is 13.0. The topological polar surface area (TPSA) is 42.3 Å². The summed E-state index contributed by atoms with van der Waals surface area (Å²) in [4.78, 5) is 28.8. The molecule has 10 heteroatoms. The molecule has 1 aliphatic heterocycles. The molecule has 6 aromatic carbocycles. The molecule has 0 saturated carbocycles. The summed E-state index contributed by atoms with van der Waals surface area (Å²) in [7, 11) is 0. The number of fused-ring (bicyclic) bond motifs is 4. The van der Waals surface area contributed by atoms with Crippen molar-refractivity contribution in [3.63, 3.8) is 0 Å². The minimum Gasteiger partial charge on any atom is -0.308 e. The van der Waals surface area contributed by atoms with E-state index < -0.39 is 35.3 Å². The van der Waals surface area contributed by atoms with E-state index in [1.165, 1.54) is 0 Å². The first kappa shape index (κ1) is 33.0. The Hall–Kier alpha value is -6.16. The molecule has 258 valence electrons. The van der Waals surface area contributed by atoms with Gasteiger partial charge in [-0.05, 0) is 120 Å². The van der Waals surface area contributed by atoms with Crippen molar-refractivity contribution in [3.05, 3.63) is 155 Å². The minimum atomic E-state index is -4.57. The maximum atomic E-state index is 14.1. The van der Waals surface area contributed by atoms with Gasteiger partial charge < -0.3 is 4.57 Å². The van der Waals surface area contributed by atoms with Crippen molar-refractivity contribution >= 4 is 39.3 Å². The third kappa shape index (κ3) is 5.42. The highest BCUT2D eigenvalue weighted by Crippen LogP contribution is 2.42. The monoisotopic (exact) mass is 704 g/mol. The van der Waals surface area contributed by atoms with Gasteiger partial charge in [-0.1, -0.05) is 48.5 Å². The number of halogens is 6. The predicted molar refractivity (Wildman–Crippen MR) is 189 cm³/mol. The van der Waals surface area contributed by atoms with Crippen LogP contribution in [0.5, 0.6) is 0 Å². The van der Waals surface area contributed by atoms with E-state index >= 15 is 0 Å². The highest BCUT2D eigenvalue weighted by molar-refractivity contribution is 6.35. The number of alkyl halides is 6. The Labute approximate surface area is 293 Å². The van der Waals surface area contributed by atoms with Crippen LogP contribution in [-0.4, -0.2) is 16.4 Å². The van der Waals surface area contributed by atoms with Gasteiger partial charge in [0, 0.05) is 10.8 Å². The summed E-state index contributed by atoms with van der Waals surface area (Å²) in [6.45, 7) is 3.17. The van der Waals surface area contributed by atoms with Crippen molar-refractivity contribution < 1.29 is 35.9 Å². The lowest BCUT2D eigenvalue weighted by Gasteiger charge is -2.15. The zero-order valence-corrected chi connectivity index (χ0v) is 27.5. The average Bonchev–Trinajstić information content (AvgIpc) is 3.57. The normalized spacial score (nSPS) is 13.4. The molecule has 2 amide bonds. The molecule has 7 aromatic rings. The standard InChI is InChI=1S/C42H26F6N2O2/c1-23-15-27(19-29(17-23)41(43,44)45)25-11-13-35-33(21-25)34-22-26(28-16-24(2)18-30(20-28)42(46,47)48)12-14-36(34)50(35)37-10-6-9-32-38(37)40(52)49(39(32)51)31-7-4-3-5-8-31/h3-22H,1-2H3. The van der Waals surface area contributed by atoms with E-state index in [1.54, 1.807) is 111 Å². The number of hydrogen-bond acceptors (Lipinski definition) is 2. The molecule has 0 saturated heterocycles. The van der Waals surface area contributed by atoms with Gasteiger partial charge in [0.15, 0.2) is 0 Å². The summed E-state index contributed by atoms with van der Waals surface area (Å²) >= 11 is 0. The molecular weight excluding hydrogens is 678 g/mol. The SMILES string of the molecule is Cc1cc(-c2ccc3c(c2)c2cc(-c4cc(C)cc(C(F)(F)F)c4)ccc2n3-c2cccc3c2C(=O)N(c2ccccc2)C3=O)cc(C(F)(F)F)c1. The van der Waals surface area contributed by atoms with E-state index in [1.807, 2.05) is 4.57 Å².